The summed E-state index contributed by atoms with van der Waals surface area (Å²) in [5.41, 5.74) is -2.14. The van der Waals surface area contributed by atoms with E-state index in [0.29, 0.717) is 57.8 Å². The summed E-state index contributed by atoms with van der Waals surface area (Å²) in [5, 5.41) is 55.6. The van der Waals surface area contributed by atoms with Crippen LogP contribution in [0.1, 0.15) is 138 Å². The third-order valence-corrected chi connectivity index (χ3v) is 22.6. The molecule has 0 radical (unpaired) electrons. The molecule has 0 aromatic heterocycles. The molecule has 22 nitrogen and oxygen atoms in total. The molecule has 0 bridgehead atoms. The average molecular weight is 1200 g/mol. The zero-order valence-electron chi connectivity index (χ0n) is 48.7. The van der Waals surface area contributed by atoms with Crippen molar-refractivity contribution in [1.82, 2.24) is 0 Å². The van der Waals surface area contributed by atoms with E-state index in [1.165, 1.54) is 0 Å². The van der Waals surface area contributed by atoms with Crippen molar-refractivity contribution in [1.29, 1.82) is 0 Å². The maximum absolute atomic E-state index is 12.4. The predicted octanol–water partition coefficient (Wildman–Crippen LogP) is 3.32. The van der Waals surface area contributed by atoms with Gasteiger partial charge in [-0.15, -0.1) is 6.58 Å². The first-order chi connectivity index (χ1) is 39.2. The Morgan fingerprint density at radius 2 is 1.25 bits per heavy atom. The van der Waals surface area contributed by atoms with Crippen LogP contribution in [0.15, 0.2) is 37.0 Å². The van der Waals surface area contributed by atoms with Gasteiger partial charge in [0.25, 0.3) is 0 Å². The maximum atomic E-state index is 12.4. The number of aliphatic hydroxyl groups excluding tert-OH is 5. The van der Waals surface area contributed by atoms with Gasteiger partial charge in [0, 0.05) is 51.4 Å². The molecule has 32 atom stereocenters. The van der Waals surface area contributed by atoms with E-state index < -0.39 is 124 Å². The highest BCUT2D eigenvalue weighted by Crippen LogP contribution is 2.56. The fraction of sp³-hybridized carbons (Fsp3) is 0.900. The summed E-state index contributed by atoms with van der Waals surface area (Å²) in [7, 11) is -5.15. The Bertz CT molecular complexity index is 2580. The van der Waals surface area contributed by atoms with Crippen molar-refractivity contribution in [3.05, 3.63) is 37.0 Å². The lowest BCUT2D eigenvalue weighted by molar-refractivity contribution is -0.368. The van der Waals surface area contributed by atoms with E-state index in [2.05, 4.69) is 51.6 Å². The molecule has 0 unspecified atom stereocenters. The Morgan fingerprint density at radius 3 is 1.93 bits per heavy atom. The largest absolute Gasteiger partial charge is 0.397 e. The van der Waals surface area contributed by atoms with Crippen molar-refractivity contribution in [2.24, 2.45) is 5.92 Å². The fourth-order valence-corrected chi connectivity index (χ4v) is 18.0. The summed E-state index contributed by atoms with van der Waals surface area (Å²) in [6.45, 7) is 23.8. The Morgan fingerprint density at radius 1 is 0.663 bits per heavy atom. The minimum absolute atomic E-state index is 0.0223. The van der Waals surface area contributed by atoms with Crippen LogP contribution in [-0.2, 0) is 76.2 Å². The van der Waals surface area contributed by atoms with Gasteiger partial charge in [0.15, 0.2) is 0 Å². The molecule has 0 spiro atoms. The molecule has 0 amide bonds. The number of hydrogen-bond acceptors (Lipinski definition) is 21. The predicted molar refractivity (Wildman–Crippen MR) is 290 cm³/mol. The fourth-order valence-electron chi connectivity index (χ4n) is 17.5. The van der Waals surface area contributed by atoms with E-state index in [0.717, 1.165) is 36.8 Å². The number of hydrogen-bond donors (Lipinski definition) is 6. The van der Waals surface area contributed by atoms with Crippen LogP contribution in [-0.4, -0.2) is 232 Å². The summed E-state index contributed by atoms with van der Waals surface area (Å²) in [5.74, 6) is 0.0905. The molecule has 0 aliphatic carbocycles. The average Bonchev–Trinajstić information content (AvgIpc) is 2.36. The van der Waals surface area contributed by atoms with E-state index >= 15 is 0 Å². The van der Waals surface area contributed by atoms with Gasteiger partial charge in [-0.3, -0.25) is 4.55 Å². The van der Waals surface area contributed by atoms with Crippen LogP contribution in [0.25, 0.3) is 0 Å². The molecular weight excluding hydrogens is 1100 g/mol. The number of aliphatic hydroxyl groups is 5. The van der Waals surface area contributed by atoms with Crippen molar-refractivity contribution in [2.75, 3.05) is 6.61 Å². The zero-order valence-corrected chi connectivity index (χ0v) is 49.5. The molecule has 0 aromatic rings. The minimum atomic E-state index is -5.15. The van der Waals surface area contributed by atoms with Crippen molar-refractivity contribution >= 4 is 10.4 Å². The summed E-state index contributed by atoms with van der Waals surface area (Å²) in [6.07, 6.45) is -7.01. The van der Waals surface area contributed by atoms with Crippen LogP contribution in [0.5, 0.6) is 0 Å². The van der Waals surface area contributed by atoms with E-state index in [1.54, 1.807) is 6.92 Å². The quantitative estimate of drug-likeness (QED) is 0.104. The van der Waals surface area contributed by atoms with E-state index in [-0.39, 0.29) is 98.1 Å². The van der Waals surface area contributed by atoms with Gasteiger partial charge in [0.2, 0.25) is 0 Å². The van der Waals surface area contributed by atoms with Crippen molar-refractivity contribution in [2.45, 2.75) is 325 Å². The van der Waals surface area contributed by atoms with Crippen molar-refractivity contribution < 1.29 is 104 Å². The lowest BCUT2D eigenvalue weighted by Gasteiger charge is -2.60. The summed E-state index contributed by atoms with van der Waals surface area (Å²) in [6, 6.07) is 0. The smallest absolute Gasteiger partial charge is 0.394 e. The number of fused-ring (bicyclic) bond motifs is 11. The molecule has 468 valence electrons. The van der Waals surface area contributed by atoms with Crippen LogP contribution in [0, 0.1) is 5.92 Å². The Hall–Kier alpha value is -1.63. The molecule has 13 fully saturated rings. The van der Waals surface area contributed by atoms with Crippen LogP contribution >= 0.6 is 0 Å². The molecule has 6 N–H and O–H groups in total. The molecule has 83 heavy (non-hydrogen) atoms. The summed E-state index contributed by atoms with van der Waals surface area (Å²) in [4.78, 5) is 0. The first kappa shape index (κ1) is 60.3. The second kappa shape index (κ2) is 21.8. The summed E-state index contributed by atoms with van der Waals surface area (Å²) < 4.78 is 127. The van der Waals surface area contributed by atoms with Gasteiger partial charge in [0.1, 0.15) is 53.9 Å². The van der Waals surface area contributed by atoms with Gasteiger partial charge in [-0.2, -0.15) is 8.42 Å². The normalized spacial score (nSPS) is 55.4. The highest BCUT2D eigenvalue weighted by molar-refractivity contribution is 7.80. The number of allylic oxidation sites excluding steroid dienone is 1. The second-order valence-electron chi connectivity index (χ2n) is 28.1. The third-order valence-electron chi connectivity index (χ3n) is 22.1. The number of epoxide rings is 1. The first-order valence-corrected chi connectivity index (χ1v) is 32.1. The van der Waals surface area contributed by atoms with Crippen LogP contribution in [0.3, 0.4) is 0 Å². The molecule has 23 heteroatoms. The molecule has 13 rings (SSSR count). The van der Waals surface area contributed by atoms with Crippen LogP contribution in [0.4, 0.5) is 0 Å². The maximum Gasteiger partial charge on any atom is 0.397 e. The van der Waals surface area contributed by atoms with Gasteiger partial charge < -0.3 is 87.1 Å². The molecule has 13 aliphatic rings. The van der Waals surface area contributed by atoms with Gasteiger partial charge >= 0.3 is 10.4 Å². The summed E-state index contributed by atoms with van der Waals surface area (Å²) >= 11 is 0. The molecular formula is C60H90O22S. The Kier molecular flexibility index (Phi) is 15.8. The van der Waals surface area contributed by atoms with Gasteiger partial charge in [-0.25, -0.2) is 4.18 Å². The molecule has 0 aromatic carbocycles. The van der Waals surface area contributed by atoms with E-state index in [1.807, 2.05) is 13.0 Å². The Balaban J connectivity index is 0.660. The molecule has 13 aliphatic heterocycles. The van der Waals surface area contributed by atoms with Crippen LogP contribution < -0.4 is 0 Å². The topological polar surface area (TPSA) is 288 Å². The lowest BCUT2D eigenvalue weighted by Crippen LogP contribution is -2.74. The molecule has 0 saturated carbocycles. The Labute approximate surface area is 487 Å². The van der Waals surface area contributed by atoms with Gasteiger partial charge in [0.05, 0.1) is 139 Å². The highest BCUT2D eigenvalue weighted by atomic mass is 32.3. The van der Waals surface area contributed by atoms with Crippen LogP contribution in [0.2, 0.25) is 0 Å². The standard InChI is InChI=1S/C60H90O22S/c1-10-11-27(2)16-48-60(9,80-48)54-29(4)17-41-40(75-54)23-47-59(8,79-41)53(65)52-44(74-47)22-43-49(76-52)28(3)12-14-56(5)46(73-43)24-45-57(6,82-56)15-13-33-35(72-45)19-37-36(69-33)20-38-39(71-37)21-42-34(70-38)18-30(62)55-58(7,78-42)25-31(63)50(77-55)51(32(64)26-61)81-83(66,67)68/h10,28,30-55,61-65H,1-2,4,11-26H2,3,5-9H3,(H,66,67,68)/t28-,30+,31-,32+,33-,34+,35+,36+,37-,38-,39+,40+,41-,42-,43-,44+,45-,46+,47-,48+,49+,50-,51+,52+,53+,54-,55-,56-,57+,58+,59-,60+/m0/s1. The van der Waals surface area contributed by atoms with E-state index in [9.17, 15) is 38.5 Å². The zero-order chi connectivity index (χ0) is 58.7. The molecule has 13 saturated heterocycles. The van der Waals surface area contributed by atoms with Gasteiger partial charge in [-0.05, 0) is 91.1 Å². The van der Waals surface area contributed by atoms with Crippen molar-refractivity contribution in [3.63, 3.8) is 0 Å². The number of ether oxygens (including phenoxy) is 13. The highest BCUT2D eigenvalue weighted by Gasteiger charge is 2.67. The molecule has 13 heterocycles. The monoisotopic (exact) mass is 1190 g/mol. The lowest BCUT2D eigenvalue weighted by atomic mass is 9.73. The number of rotatable bonds is 10. The third kappa shape index (κ3) is 10.7. The van der Waals surface area contributed by atoms with Gasteiger partial charge in [-0.1, -0.05) is 31.7 Å². The SMILES string of the molecule is C=CCC(=C)C[C@H]1O[C@@]1(C)[C@H]1O[C@@H]2C[C@@H]3O[C@@H]4C[C@@H]5O[C@@H]6C[C@@H]7O[C@@H]8C[C@@H]9O[C@@H]%10C[C@@H]%11O[C@]%12(C)C[C@H](O)[C@@H]([C@H](OS(=O)(=O)O)[C@H](O)CO)O[C@H]%12[C@H](O)C[C@H]%11O[C@H]%10C[C@H]9O[C@H]8CC[C@@]7(C)O[C@@]6(C)CC[C@H](C)[C@H]5O[C@H]4[C@@H](O)[C@@]3(C)O[C@H]2CC1=C. The minimum Gasteiger partial charge on any atom is -0.394 e. The van der Waals surface area contributed by atoms with Crippen molar-refractivity contribution in [3.8, 4) is 0 Å². The van der Waals surface area contributed by atoms with E-state index in [4.69, 9.17) is 61.6 Å². The first-order valence-electron chi connectivity index (χ1n) is 30.8. The second-order valence-corrected chi connectivity index (χ2v) is 29.2.